The number of rotatable bonds is 3. The summed E-state index contributed by atoms with van der Waals surface area (Å²) >= 11 is 0. The van der Waals surface area contributed by atoms with Crippen molar-refractivity contribution in [2.24, 2.45) is 0 Å². The third kappa shape index (κ3) is 1.36. The molecule has 0 aliphatic carbocycles. The highest BCUT2D eigenvalue weighted by atomic mass is 16.8. The van der Waals surface area contributed by atoms with Gasteiger partial charge in [-0.15, -0.1) is 0 Å². The van der Waals surface area contributed by atoms with E-state index in [9.17, 15) is 4.79 Å². The molecule has 1 saturated heterocycles. The minimum Gasteiger partial charge on any atom is -0.347 e. The number of carbonyl (C=O) groups is 1. The number of carbonyl (C=O) groups excluding carboxylic acids is 1. The van der Waals surface area contributed by atoms with E-state index in [1.54, 1.807) is 19.2 Å². The number of epoxide rings is 1. The van der Waals surface area contributed by atoms with Gasteiger partial charge in [0, 0.05) is 18.2 Å². The van der Waals surface area contributed by atoms with E-state index in [2.05, 4.69) is 0 Å². The summed E-state index contributed by atoms with van der Waals surface area (Å²) in [6, 6.07) is 7.25. The molecule has 0 spiro atoms. The maximum atomic E-state index is 10.5. The fourth-order valence-electron chi connectivity index (χ4n) is 1.32. The normalized spacial score (nSPS) is 25.6. The second-order valence-electron chi connectivity index (χ2n) is 2.99. The molecule has 1 aromatic carbocycles. The second-order valence-corrected chi connectivity index (χ2v) is 2.99. The van der Waals surface area contributed by atoms with Gasteiger partial charge in [0.15, 0.2) is 0 Å². The van der Waals surface area contributed by atoms with Gasteiger partial charge in [-0.25, -0.2) is 0 Å². The summed E-state index contributed by atoms with van der Waals surface area (Å²) in [6.45, 7) is 0.561. The topological polar surface area (TPSA) is 38.8 Å². The van der Waals surface area contributed by atoms with Gasteiger partial charge >= 0.3 is 0 Å². The lowest BCUT2D eigenvalue weighted by molar-refractivity contribution is -0.0138. The quantitative estimate of drug-likeness (QED) is 0.517. The Morgan fingerprint density at radius 2 is 2.38 bits per heavy atom. The largest absolute Gasteiger partial charge is 0.347 e. The SMILES string of the molecule is COC1(c2cccc(C=O)c2)CO1. The number of benzene rings is 1. The zero-order chi connectivity index (χ0) is 9.31. The highest BCUT2D eigenvalue weighted by Crippen LogP contribution is 2.39. The van der Waals surface area contributed by atoms with E-state index >= 15 is 0 Å². The maximum absolute atomic E-state index is 10.5. The van der Waals surface area contributed by atoms with Gasteiger partial charge < -0.3 is 9.47 Å². The second kappa shape index (κ2) is 2.94. The summed E-state index contributed by atoms with van der Waals surface area (Å²) in [7, 11) is 1.60. The Bertz CT molecular complexity index is 329. The first-order valence-electron chi connectivity index (χ1n) is 4.05. The van der Waals surface area contributed by atoms with Crippen molar-refractivity contribution in [3.8, 4) is 0 Å². The molecule has 3 heteroatoms. The molecule has 3 nitrogen and oxygen atoms in total. The molecule has 0 bridgehead atoms. The molecular formula is C10H10O3. The van der Waals surface area contributed by atoms with Crippen LogP contribution in [-0.2, 0) is 15.3 Å². The van der Waals surface area contributed by atoms with Gasteiger partial charge in [0.2, 0.25) is 5.79 Å². The lowest BCUT2D eigenvalue weighted by Gasteiger charge is -2.09. The van der Waals surface area contributed by atoms with Crippen molar-refractivity contribution in [2.75, 3.05) is 13.7 Å². The predicted octanol–water partition coefficient (Wildman–Crippen LogP) is 1.33. The molecule has 1 unspecified atom stereocenters. The molecule has 0 N–H and O–H groups in total. The van der Waals surface area contributed by atoms with Crippen LogP contribution in [0.4, 0.5) is 0 Å². The standard InChI is InChI=1S/C10H10O3/c1-12-10(7-13-10)9-4-2-3-8(5-9)6-11/h2-6H,7H2,1H3. The van der Waals surface area contributed by atoms with Gasteiger partial charge in [-0.1, -0.05) is 18.2 Å². The Morgan fingerprint density at radius 3 is 2.92 bits per heavy atom. The van der Waals surface area contributed by atoms with Gasteiger partial charge in [-0.05, 0) is 6.07 Å². The van der Waals surface area contributed by atoms with E-state index in [0.29, 0.717) is 12.2 Å². The predicted molar refractivity (Wildman–Crippen MR) is 46.5 cm³/mol. The monoisotopic (exact) mass is 178 g/mol. The zero-order valence-corrected chi connectivity index (χ0v) is 7.32. The first-order chi connectivity index (χ1) is 6.30. The Balaban J connectivity index is 2.35. The third-order valence-corrected chi connectivity index (χ3v) is 2.20. The van der Waals surface area contributed by atoms with Crippen molar-refractivity contribution in [3.63, 3.8) is 0 Å². The van der Waals surface area contributed by atoms with E-state index in [1.165, 1.54) is 0 Å². The molecule has 1 aliphatic heterocycles. The van der Waals surface area contributed by atoms with Gasteiger partial charge in [0.1, 0.15) is 12.9 Å². The van der Waals surface area contributed by atoms with Crippen molar-refractivity contribution >= 4 is 6.29 Å². The molecule has 0 radical (unpaired) electrons. The minimum absolute atomic E-state index is 0.561. The molecule has 1 heterocycles. The molecule has 68 valence electrons. The van der Waals surface area contributed by atoms with Gasteiger partial charge in [0.05, 0.1) is 0 Å². The molecule has 1 fully saturated rings. The lowest BCUT2D eigenvalue weighted by atomic mass is 10.1. The number of hydrogen-bond donors (Lipinski definition) is 0. The van der Waals surface area contributed by atoms with Crippen LogP contribution in [0, 0.1) is 0 Å². The van der Waals surface area contributed by atoms with Crippen LogP contribution >= 0.6 is 0 Å². The van der Waals surface area contributed by atoms with Crippen LogP contribution in [-0.4, -0.2) is 20.0 Å². The summed E-state index contributed by atoms with van der Waals surface area (Å²) < 4.78 is 10.4. The van der Waals surface area contributed by atoms with Crippen molar-refractivity contribution in [3.05, 3.63) is 35.4 Å². The van der Waals surface area contributed by atoms with Gasteiger partial charge in [0.25, 0.3) is 0 Å². The van der Waals surface area contributed by atoms with E-state index in [1.807, 2.05) is 12.1 Å². The van der Waals surface area contributed by atoms with E-state index in [4.69, 9.17) is 9.47 Å². The molecule has 13 heavy (non-hydrogen) atoms. The summed E-state index contributed by atoms with van der Waals surface area (Å²) in [5.74, 6) is -0.584. The average Bonchev–Trinajstić information content (AvgIpc) is 2.99. The smallest absolute Gasteiger partial charge is 0.219 e. The summed E-state index contributed by atoms with van der Waals surface area (Å²) in [6.07, 6.45) is 0.815. The summed E-state index contributed by atoms with van der Waals surface area (Å²) in [5.41, 5.74) is 1.55. The first kappa shape index (κ1) is 8.41. The lowest BCUT2D eigenvalue weighted by Crippen LogP contribution is -2.11. The number of aldehydes is 1. The number of ether oxygens (including phenoxy) is 2. The molecule has 1 aromatic rings. The molecular weight excluding hydrogens is 168 g/mol. The Hall–Kier alpha value is -1.19. The Labute approximate surface area is 76.3 Å². The van der Waals surface area contributed by atoms with Crippen molar-refractivity contribution in [1.29, 1.82) is 0 Å². The molecule has 0 saturated carbocycles. The van der Waals surface area contributed by atoms with Crippen LogP contribution in [0.5, 0.6) is 0 Å². The molecule has 1 aliphatic rings. The molecule has 0 amide bonds. The van der Waals surface area contributed by atoms with Crippen molar-refractivity contribution in [2.45, 2.75) is 5.79 Å². The summed E-state index contributed by atoms with van der Waals surface area (Å²) in [5, 5.41) is 0. The van der Waals surface area contributed by atoms with E-state index in [-0.39, 0.29) is 0 Å². The van der Waals surface area contributed by atoms with Crippen molar-refractivity contribution in [1.82, 2.24) is 0 Å². The zero-order valence-electron chi connectivity index (χ0n) is 7.32. The molecule has 1 atom stereocenters. The van der Waals surface area contributed by atoms with Crippen LogP contribution in [0.15, 0.2) is 24.3 Å². The van der Waals surface area contributed by atoms with Crippen LogP contribution in [0.3, 0.4) is 0 Å². The Kier molecular flexibility index (Phi) is 1.90. The average molecular weight is 178 g/mol. The first-order valence-corrected chi connectivity index (χ1v) is 4.05. The highest BCUT2D eigenvalue weighted by molar-refractivity contribution is 5.75. The van der Waals surface area contributed by atoms with Gasteiger partial charge in [-0.2, -0.15) is 0 Å². The fraction of sp³-hybridized carbons (Fsp3) is 0.300. The van der Waals surface area contributed by atoms with Crippen LogP contribution in [0.1, 0.15) is 15.9 Å². The van der Waals surface area contributed by atoms with Crippen LogP contribution in [0.25, 0.3) is 0 Å². The number of methoxy groups -OCH3 is 1. The Morgan fingerprint density at radius 1 is 1.62 bits per heavy atom. The van der Waals surface area contributed by atoms with Crippen molar-refractivity contribution < 1.29 is 14.3 Å². The highest BCUT2D eigenvalue weighted by Gasteiger charge is 2.47. The maximum Gasteiger partial charge on any atom is 0.219 e. The molecule has 0 aromatic heterocycles. The minimum atomic E-state index is -0.584. The summed E-state index contributed by atoms with van der Waals surface area (Å²) in [4.78, 5) is 10.5. The van der Waals surface area contributed by atoms with E-state index < -0.39 is 5.79 Å². The number of hydrogen-bond acceptors (Lipinski definition) is 3. The van der Waals surface area contributed by atoms with Crippen LogP contribution < -0.4 is 0 Å². The molecule has 2 rings (SSSR count). The fourth-order valence-corrected chi connectivity index (χ4v) is 1.32. The van der Waals surface area contributed by atoms with E-state index in [0.717, 1.165) is 11.8 Å². The van der Waals surface area contributed by atoms with Gasteiger partial charge in [-0.3, -0.25) is 4.79 Å². The van der Waals surface area contributed by atoms with Crippen LogP contribution in [0.2, 0.25) is 0 Å². The third-order valence-electron chi connectivity index (χ3n) is 2.20.